The summed E-state index contributed by atoms with van der Waals surface area (Å²) >= 11 is 0. The van der Waals surface area contributed by atoms with Crippen molar-refractivity contribution >= 4 is 17.7 Å². The van der Waals surface area contributed by atoms with Crippen molar-refractivity contribution in [2.45, 2.75) is 6.92 Å². The topological polar surface area (TPSA) is 78.9 Å². The number of carboxylic acids is 1. The van der Waals surface area contributed by atoms with Crippen LogP contribution >= 0.6 is 0 Å². The Bertz CT molecular complexity index is 402. The van der Waals surface area contributed by atoms with Gasteiger partial charge in [-0.1, -0.05) is 17.7 Å². The Morgan fingerprint density at radius 2 is 1.94 bits per heavy atom. The van der Waals surface area contributed by atoms with E-state index in [9.17, 15) is 9.59 Å². The number of nitrogens with one attached hydrogen (secondary N) is 1. The van der Waals surface area contributed by atoms with Crippen LogP contribution in [-0.2, 0) is 9.63 Å². The quantitative estimate of drug-likeness (QED) is 0.771. The molecular weight excluding hydrogens is 224 g/mol. The summed E-state index contributed by atoms with van der Waals surface area (Å²) in [6.45, 7) is 1.37. The van der Waals surface area contributed by atoms with Crippen LogP contribution in [0.15, 0.2) is 24.3 Å². The standard InChI is InChI=1S/C11H14N2O4/c1-8-3-5-9(6-4-8)13(2)11(16)12-17-7-10(14)15/h3-6H,7H2,1-2H3,(H,12,16)(H,14,15). The molecule has 0 aliphatic rings. The number of benzene rings is 1. The largest absolute Gasteiger partial charge is 0.479 e. The van der Waals surface area contributed by atoms with Gasteiger partial charge in [-0.25, -0.2) is 15.1 Å². The maximum Gasteiger partial charge on any atom is 0.345 e. The van der Waals surface area contributed by atoms with Gasteiger partial charge in [-0.2, -0.15) is 0 Å². The molecule has 0 saturated carbocycles. The van der Waals surface area contributed by atoms with Crippen molar-refractivity contribution in [2.75, 3.05) is 18.6 Å². The molecule has 1 aromatic rings. The predicted octanol–water partition coefficient (Wildman–Crippen LogP) is 1.16. The van der Waals surface area contributed by atoms with E-state index in [-0.39, 0.29) is 0 Å². The fourth-order valence-corrected chi connectivity index (χ4v) is 1.11. The third-order valence-corrected chi connectivity index (χ3v) is 2.08. The number of rotatable bonds is 4. The van der Waals surface area contributed by atoms with Crippen molar-refractivity contribution in [3.05, 3.63) is 29.8 Å². The second-order valence-corrected chi connectivity index (χ2v) is 3.48. The van der Waals surface area contributed by atoms with E-state index >= 15 is 0 Å². The summed E-state index contributed by atoms with van der Waals surface area (Å²) < 4.78 is 0. The first-order valence-corrected chi connectivity index (χ1v) is 4.94. The summed E-state index contributed by atoms with van der Waals surface area (Å²) in [6.07, 6.45) is 0. The Labute approximate surface area is 98.8 Å². The van der Waals surface area contributed by atoms with Crippen LogP contribution in [0.5, 0.6) is 0 Å². The first-order valence-electron chi connectivity index (χ1n) is 4.94. The summed E-state index contributed by atoms with van der Waals surface area (Å²) in [5.74, 6) is -1.15. The average Bonchev–Trinajstić information content (AvgIpc) is 2.28. The average molecular weight is 238 g/mol. The van der Waals surface area contributed by atoms with Gasteiger partial charge in [0.15, 0.2) is 6.61 Å². The van der Waals surface area contributed by atoms with Gasteiger partial charge >= 0.3 is 12.0 Å². The molecule has 17 heavy (non-hydrogen) atoms. The molecule has 0 spiro atoms. The third kappa shape index (κ3) is 4.12. The van der Waals surface area contributed by atoms with Crippen molar-refractivity contribution in [3.8, 4) is 0 Å². The van der Waals surface area contributed by atoms with E-state index in [4.69, 9.17) is 5.11 Å². The molecule has 2 N–H and O–H groups in total. The van der Waals surface area contributed by atoms with E-state index in [1.54, 1.807) is 19.2 Å². The van der Waals surface area contributed by atoms with E-state index in [1.165, 1.54) is 4.90 Å². The minimum absolute atomic E-state index is 0.532. The minimum Gasteiger partial charge on any atom is -0.479 e. The van der Waals surface area contributed by atoms with Crippen LogP contribution in [0.1, 0.15) is 5.56 Å². The first kappa shape index (κ1) is 13.0. The van der Waals surface area contributed by atoms with Gasteiger partial charge in [-0.3, -0.25) is 9.74 Å². The summed E-state index contributed by atoms with van der Waals surface area (Å²) in [5, 5.41) is 8.32. The molecule has 0 radical (unpaired) electrons. The van der Waals surface area contributed by atoms with Crippen molar-refractivity contribution < 1.29 is 19.5 Å². The lowest BCUT2D eigenvalue weighted by atomic mass is 10.2. The Kier molecular flexibility index (Phi) is 4.47. The highest BCUT2D eigenvalue weighted by Crippen LogP contribution is 2.13. The second-order valence-electron chi connectivity index (χ2n) is 3.48. The van der Waals surface area contributed by atoms with Gasteiger partial charge in [0.2, 0.25) is 0 Å². The van der Waals surface area contributed by atoms with Crippen molar-refractivity contribution in [3.63, 3.8) is 0 Å². The van der Waals surface area contributed by atoms with E-state index in [0.717, 1.165) is 5.56 Å². The first-order chi connectivity index (χ1) is 8.00. The molecular formula is C11H14N2O4. The lowest BCUT2D eigenvalue weighted by Crippen LogP contribution is -2.38. The van der Waals surface area contributed by atoms with E-state index in [1.807, 2.05) is 24.5 Å². The zero-order valence-electron chi connectivity index (χ0n) is 9.64. The molecule has 0 aliphatic heterocycles. The van der Waals surface area contributed by atoms with Gasteiger partial charge in [0.1, 0.15) is 0 Å². The number of amides is 2. The van der Waals surface area contributed by atoms with Crippen LogP contribution in [0.2, 0.25) is 0 Å². The maximum atomic E-state index is 11.5. The number of carbonyl (C=O) groups excluding carboxylic acids is 1. The number of aliphatic carboxylic acids is 1. The molecule has 1 rings (SSSR count). The third-order valence-electron chi connectivity index (χ3n) is 2.08. The van der Waals surface area contributed by atoms with Gasteiger partial charge in [-0.05, 0) is 19.1 Å². The molecule has 0 aliphatic carbocycles. The van der Waals surface area contributed by atoms with Gasteiger partial charge < -0.3 is 5.11 Å². The zero-order valence-corrected chi connectivity index (χ0v) is 9.64. The summed E-state index contributed by atoms with van der Waals surface area (Å²) in [7, 11) is 1.56. The van der Waals surface area contributed by atoms with Gasteiger partial charge in [0.25, 0.3) is 0 Å². The van der Waals surface area contributed by atoms with Crippen molar-refractivity contribution in [2.24, 2.45) is 0 Å². The zero-order chi connectivity index (χ0) is 12.8. The Hall–Kier alpha value is -2.08. The minimum atomic E-state index is -1.15. The van der Waals surface area contributed by atoms with Crippen LogP contribution < -0.4 is 10.4 Å². The molecule has 0 saturated heterocycles. The lowest BCUT2D eigenvalue weighted by molar-refractivity contribution is -0.143. The molecule has 0 bridgehead atoms. The Morgan fingerprint density at radius 1 is 1.35 bits per heavy atom. The van der Waals surface area contributed by atoms with Crippen LogP contribution in [0.25, 0.3) is 0 Å². The molecule has 92 valence electrons. The number of carboxylic acid groups (broad SMARTS) is 1. The predicted molar refractivity (Wildman–Crippen MR) is 61.7 cm³/mol. The molecule has 1 aromatic carbocycles. The molecule has 0 unspecified atom stereocenters. The number of hydrogen-bond acceptors (Lipinski definition) is 3. The molecule has 6 heteroatoms. The number of nitrogens with zero attached hydrogens (tertiary/aromatic N) is 1. The molecule has 2 amide bonds. The highest BCUT2D eigenvalue weighted by molar-refractivity contribution is 5.90. The van der Waals surface area contributed by atoms with Crippen LogP contribution in [-0.4, -0.2) is 30.8 Å². The van der Waals surface area contributed by atoms with E-state index in [0.29, 0.717) is 5.69 Å². The summed E-state index contributed by atoms with van der Waals surface area (Å²) in [6, 6.07) is 6.78. The fraction of sp³-hybridized carbons (Fsp3) is 0.273. The van der Waals surface area contributed by atoms with Crippen molar-refractivity contribution in [1.82, 2.24) is 5.48 Å². The Balaban J connectivity index is 2.51. The highest BCUT2D eigenvalue weighted by Gasteiger charge is 2.10. The SMILES string of the molecule is Cc1ccc(N(C)C(=O)NOCC(=O)O)cc1. The van der Waals surface area contributed by atoms with Crippen LogP contribution in [0.4, 0.5) is 10.5 Å². The lowest BCUT2D eigenvalue weighted by Gasteiger charge is -2.17. The smallest absolute Gasteiger partial charge is 0.345 e. The molecule has 0 heterocycles. The Morgan fingerprint density at radius 3 is 2.47 bits per heavy atom. The van der Waals surface area contributed by atoms with Crippen LogP contribution in [0.3, 0.4) is 0 Å². The molecule has 0 atom stereocenters. The normalized spacial score (nSPS) is 9.76. The maximum absolute atomic E-state index is 11.5. The molecule has 0 aromatic heterocycles. The number of hydroxylamine groups is 1. The summed E-state index contributed by atoms with van der Waals surface area (Å²) in [4.78, 5) is 27.5. The monoisotopic (exact) mass is 238 g/mol. The van der Waals surface area contributed by atoms with Gasteiger partial charge in [0, 0.05) is 12.7 Å². The fourth-order valence-electron chi connectivity index (χ4n) is 1.11. The number of carbonyl (C=O) groups is 2. The van der Waals surface area contributed by atoms with Crippen LogP contribution in [0, 0.1) is 6.92 Å². The van der Waals surface area contributed by atoms with E-state index < -0.39 is 18.6 Å². The summed E-state index contributed by atoms with van der Waals surface area (Å²) in [5.41, 5.74) is 3.81. The highest BCUT2D eigenvalue weighted by atomic mass is 16.7. The molecule has 0 fully saturated rings. The number of anilines is 1. The van der Waals surface area contributed by atoms with Crippen molar-refractivity contribution in [1.29, 1.82) is 0 Å². The number of aryl methyl sites for hydroxylation is 1. The van der Waals surface area contributed by atoms with Gasteiger partial charge in [-0.15, -0.1) is 0 Å². The number of hydrogen-bond donors (Lipinski definition) is 2. The van der Waals surface area contributed by atoms with Gasteiger partial charge in [0.05, 0.1) is 0 Å². The number of urea groups is 1. The second kappa shape index (κ2) is 5.86. The van der Waals surface area contributed by atoms with E-state index in [2.05, 4.69) is 4.84 Å². The molecule has 6 nitrogen and oxygen atoms in total.